The summed E-state index contributed by atoms with van der Waals surface area (Å²) in [4.78, 5) is 32.5. The van der Waals surface area contributed by atoms with Gasteiger partial charge in [0.25, 0.3) is 11.8 Å². The van der Waals surface area contributed by atoms with Crippen LogP contribution in [0.2, 0.25) is 5.02 Å². The van der Waals surface area contributed by atoms with Crippen molar-refractivity contribution < 1.29 is 27.5 Å². The number of anilines is 1. The summed E-state index contributed by atoms with van der Waals surface area (Å²) >= 11 is 6.27. The predicted molar refractivity (Wildman–Crippen MR) is 141 cm³/mol. The van der Waals surface area contributed by atoms with Crippen molar-refractivity contribution in [2.75, 3.05) is 11.9 Å². The van der Waals surface area contributed by atoms with E-state index in [1.54, 1.807) is 49.4 Å². The van der Waals surface area contributed by atoms with Gasteiger partial charge < -0.3 is 20.4 Å². The number of alkyl halides is 3. The van der Waals surface area contributed by atoms with Crippen LogP contribution in [-0.4, -0.2) is 34.0 Å². The smallest absolute Gasteiger partial charge is 0.365 e. The van der Waals surface area contributed by atoms with E-state index in [9.17, 15) is 22.8 Å². The van der Waals surface area contributed by atoms with Crippen LogP contribution in [0, 0.1) is 0 Å². The van der Waals surface area contributed by atoms with Crippen LogP contribution >= 0.6 is 11.6 Å². The highest BCUT2D eigenvalue weighted by Gasteiger charge is 2.40. The second-order valence-corrected chi connectivity index (χ2v) is 9.97. The van der Waals surface area contributed by atoms with E-state index in [0.29, 0.717) is 42.0 Å². The minimum Gasteiger partial charge on any atom is -0.365 e. The van der Waals surface area contributed by atoms with Crippen LogP contribution in [0.1, 0.15) is 46.2 Å². The van der Waals surface area contributed by atoms with Crippen molar-refractivity contribution >= 4 is 40.1 Å². The SMILES string of the molecule is CC1(C(=O)NCc2ccc(Cl)c(C(=O)Nc3ccc(Cc4nc5cc(C(F)(F)F)ccc5[nH]4)cc3)c2)CCO1. The molecule has 3 aromatic carbocycles. The third-order valence-corrected chi connectivity index (χ3v) is 6.98. The van der Waals surface area contributed by atoms with Gasteiger partial charge in [-0.15, -0.1) is 0 Å². The number of hydrogen-bond donors (Lipinski definition) is 3. The molecule has 0 bridgehead atoms. The Morgan fingerprint density at radius 3 is 2.46 bits per heavy atom. The Bertz CT molecular complexity index is 1550. The standard InChI is InChI=1S/C28H24ClF3N4O3/c1-27(10-11-39-27)26(38)33-15-17-4-8-21(29)20(12-17)25(37)34-19-6-2-16(3-7-19)13-24-35-22-9-5-18(28(30,31)32)14-23(22)36-24/h2-9,12,14H,10-11,13,15H2,1H3,(H,33,38)(H,34,37)(H,35,36). The summed E-state index contributed by atoms with van der Waals surface area (Å²) in [6.07, 6.45) is -3.40. The van der Waals surface area contributed by atoms with E-state index in [0.717, 1.165) is 17.7 Å². The largest absolute Gasteiger partial charge is 0.416 e. The van der Waals surface area contributed by atoms with E-state index in [2.05, 4.69) is 20.6 Å². The zero-order valence-electron chi connectivity index (χ0n) is 20.8. The lowest BCUT2D eigenvalue weighted by atomic mass is 9.96. The highest BCUT2D eigenvalue weighted by Crippen LogP contribution is 2.31. The van der Waals surface area contributed by atoms with Crippen LogP contribution in [0.3, 0.4) is 0 Å². The molecule has 5 rings (SSSR count). The number of carbonyl (C=O) groups is 2. The molecule has 0 saturated carbocycles. The van der Waals surface area contributed by atoms with Gasteiger partial charge in [-0.25, -0.2) is 4.98 Å². The fourth-order valence-electron chi connectivity index (χ4n) is 4.23. The molecule has 0 aliphatic carbocycles. The van der Waals surface area contributed by atoms with Gasteiger partial charge in [0.15, 0.2) is 0 Å². The highest BCUT2D eigenvalue weighted by molar-refractivity contribution is 6.34. The van der Waals surface area contributed by atoms with E-state index in [4.69, 9.17) is 16.3 Å². The van der Waals surface area contributed by atoms with Crippen LogP contribution < -0.4 is 10.6 Å². The lowest BCUT2D eigenvalue weighted by Crippen LogP contribution is -2.53. The summed E-state index contributed by atoms with van der Waals surface area (Å²) in [5.74, 6) is -0.0915. The number of nitrogens with zero attached hydrogens (tertiary/aromatic N) is 1. The molecule has 4 aromatic rings. The molecule has 1 atom stereocenters. The number of rotatable bonds is 7. The van der Waals surface area contributed by atoms with Crippen LogP contribution in [0.15, 0.2) is 60.7 Å². The van der Waals surface area contributed by atoms with Crippen molar-refractivity contribution in [3.05, 3.63) is 93.8 Å². The lowest BCUT2D eigenvalue weighted by Gasteiger charge is -2.36. The first-order valence-electron chi connectivity index (χ1n) is 12.2. The molecule has 1 fully saturated rings. The molecule has 11 heteroatoms. The summed E-state index contributed by atoms with van der Waals surface area (Å²) in [5, 5.41) is 5.90. The first kappa shape index (κ1) is 26.7. The van der Waals surface area contributed by atoms with Gasteiger partial charge in [0.05, 0.1) is 33.8 Å². The number of nitrogens with one attached hydrogen (secondary N) is 3. The van der Waals surface area contributed by atoms with Gasteiger partial charge in [-0.05, 0) is 60.5 Å². The molecule has 39 heavy (non-hydrogen) atoms. The Hall–Kier alpha value is -3.89. The molecule has 3 N–H and O–H groups in total. The first-order valence-corrected chi connectivity index (χ1v) is 12.5. The number of fused-ring (bicyclic) bond motifs is 1. The average Bonchev–Trinajstić information content (AvgIpc) is 3.28. The van der Waals surface area contributed by atoms with Crippen LogP contribution in [-0.2, 0) is 28.7 Å². The van der Waals surface area contributed by atoms with E-state index in [1.165, 1.54) is 6.07 Å². The number of H-pyrrole nitrogens is 1. The summed E-state index contributed by atoms with van der Waals surface area (Å²) in [6.45, 7) is 2.52. The molecule has 2 amide bonds. The highest BCUT2D eigenvalue weighted by atomic mass is 35.5. The zero-order chi connectivity index (χ0) is 27.8. The number of amides is 2. The Balaban J connectivity index is 1.22. The first-order chi connectivity index (χ1) is 18.5. The maximum atomic E-state index is 13.0. The fraction of sp³-hybridized carbons (Fsp3) is 0.250. The number of imidazole rings is 1. The van der Waals surface area contributed by atoms with Gasteiger partial charge in [-0.1, -0.05) is 29.8 Å². The number of halogens is 4. The summed E-state index contributed by atoms with van der Waals surface area (Å²) in [7, 11) is 0. The maximum absolute atomic E-state index is 13.0. The van der Waals surface area contributed by atoms with Gasteiger partial charge in [0.2, 0.25) is 0 Å². The Morgan fingerprint density at radius 2 is 1.79 bits per heavy atom. The van der Waals surface area contributed by atoms with E-state index in [-0.39, 0.29) is 28.6 Å². The van der Waals surface area contributed by atoms with Gasteiger partial charge in [0, 0.05) is 25.1 Å². The number of aromatic amines is 1. The van der Waals surface area contributed by atoms with E-state index in [1.807, 2.05) is 0 Å². The maximum Gasteiger partial charge on any atom is 0.416 e. The fourth-order valence-corrected chi connectivity index (χ4v) is 4.43. The Kier molecular flexibility index (Phi) is 7.09. The van der Waals surface area contributed by atoms with Crippen LogP contribution in [0.4, 0.5) is 18.9 Å². The quantitative estimate of drug-likeness (QED) is 0.265. The van der Waals surface area contributed by atoms with Gasteiger partial charge in [-0.2, -0.15) is 13.2 Å². The predicted octanol–water partition coefficient (Wildman–Crippen LogP) is 5.87. The molecular weight excluding hydrogens is 533 g/mol. The van der Waals surface area contributed by atoms with Gasteiger partial charge in [-0.3, -0.25) is 9.59 Å². The summed E-state index contributed by atoms with van der Waals surface area (Å²) < 4.78 is 44.3. The summed E-state index contributed by atoms with van der Waals surface area (Å²) in [5.41, 5.74) is 1.57. The van der Waals surface area contributed by atoms with Gasteiger partial charge >= 0.3 is 6.18 Å². The zero-order valence-corrected chi connectivity index (χ0v) is 21.5. The van der Waals surface area contributed by atoms with Crippen molar-refractivity contribution in [2.24, 2.45) is 0 Å². The molecule has 7 nitrogen and oxygen atoms in total. The summed E-state index contributed by atoms with van der Waals surface area (Å²) in [6, 6.07) is 15.4. The van der Waals surface area contributed by atoms with Gasteiger partial charge in [0.1, 0.15) is 11.4 Å². The van der Waals surface area contributed by atoms with E-state index >= 15 is 0 Å². The van der Waals surface area contributed by atoms with Crippen molar-refractivity contribution in [1.82, 2.24) is 15.3 Å². The second-order valence-electron chi connectivity index (χ2n) is 9.57. The molecule has 1 saturated heterocycles. The molecule has 0 spiro atoms. The topological polar surface area (TPSA) is 96.1 Å². The lowest BCUT2D eigenvalue weighted by molar-refractivity contribution is -0.171. The molecule has 0 radical (unpaired) electrons. The van der Waals surface area contributed by atoms with Crippen molar-refractivity contribution in [3.8, 4) is 0 Å². The molecule has 2 heterocycles. The second kappa shape index (κ2) is 10.3. The van der Waals surface area contributed by atoms with Crippen LogP contribution in [0.5, 0.6) is 0 Å². The van der Waals surface area contributed by atoms with Crippen molar-refractivity contribution in [1.29, 1.82) is 0 Å². The van der Waals surface area contributed by atoms with Crippen molar-refractivity contribution in [2.45, 2.75) is 38.1 Å². The molecule has 202 valence electrons. The third-order valence-electron chi connectivity index (χ3n) is 6.65. The number of ether oxygens (including phenoxy) is 1. The number of aromatic nitrogens is 2. The molecule has 1 unspecified atom stereocenters. The van der Waals surface area contributed by atoms with Crippen LogP contribution in [0.25, 0.3) is 11.0 Å². The third kappa shape index (κ3) is 5.91. The number of hydrogen-bond acceptors (Lipinski definition) is 4. The number of benzene rings is 3. The Labute approximate surface area is 226 Å². The minimum atomic E-state index is -4.43. The normalized spacial score (nSPS) is 17.1. The molecular formula is C28H24ClF3N4O3. The minimum absolute atomic E-state index is 0.205. The van der Waals surface area contributed by atoms with E-state index < -0.39 is 23.2 Å². The Morgan fingerprint density at radius 1 is 1.08 bits per heavy atom. The average molecular weight is 557 g/mol. The number of carbonyl (C=O) groups excluding carboxylic acids is 2. The molecule has 1 aromatic heterocycles. The van der Waals surface area contributed by atoms with Crippen molar-refractivity contribution in [3.63, 3.8) is 0 Å². The molecule has 1 aliphatic heterocycles. The monoisotopic (exact) mass is 556 g/mol. The molecule has 1 aliphatic rings.